The number of rotatable bonds is 3. The van der Waals surface area contributed by atoms with E-state index in [0.29, 0.717) is 5.56 Å². The minimum absolute atomic E-state index is 0.0917. The van der Waals surface area contributed by atoms with E-state index in [1.54, 1.807) is 36.3 Å². The van der Waals surface area contributed by atoms with E-state index in [1.807, 2.05) is 7.05 Å². The Morgan fingerprint density at radius 3 is 2.32 bits per heavy atom. The molecule has 0 amide bonds. The van der Waals surface area contributed by atoms with Crippen LogP contribution in [0.1, 0.15) is 5.89 Å². The first-order valence-electron chi connectivity index (χ1n) is 5.34. The number of hydrazine groups is 1. The largest absolute Gasteiger partial charge is 0.471 e. The van der Waals surface area contributed by atoms with E-state index >= 15 is 0 Å². The summed E-state index contributed by atoms with van der Waals surface area (Å²) in [6, 6.07) is 6.70. The monoisotopic (exact) mass is 272 g/mol. The molecular weight excluding hydrogens is 261 g/mol. The summed E-state index contributed by atoms with van der Waals surface area (Å²) in [7, 11) is 3.56. The fourth-order valence-corrected chi connectivity index (χ4v) is 1.42. The van der Waals surface area contributed by atoms with Gasteiger partial charge < -0.3 is 9.53 Å². The summed E-state index contributed by atoms with van der Waals surface area (Å²) in [6.45, 7) is 0. The van der Waals surface area contributed by atoms with Crippen LogP contribution in [-0.4, -0.2) is 24.2 Å². The molecule has 0 fully saturated rings. The number of nitrogens with one attached hydrogen (secondary N) is 1. The van der Waals surface area contributed by atoms with Crippen LogP contribution in [0.25, 0.3) is 11.4 Å². The summed E-state index contributed by atoms with van der Waals surface area (Å²) in [4.78, 5) is 3.31. The lowest BCUT2D eigenvalue weighted by Gasteiger charge is -2.17. The molecule has 0 aliphatic rings. The molecule has 5 nitrogen and oxygen atoms in total. The Labute approximate surface area is 107 Å². The third kappa shape index (κ3) is 2.84. The van der Waals surface area contributed by atoms with E-state index < -0.39 is 12.1 Å². The lowest BCUT2D eigenvalue weighted by Crippen LogP contribution is -2.30. The predicted octanol–water partition coefficient (Wildman–Crippen LogP) is 2.33. The molecule has 0 atom stereocenters. The van der Waals surface area contributed by atoms with Crippen LogP contribution >= 0.6 is 0 Å². The summed E-state index contributed by atoms with van der Waals surface area (Å²) < 4.78 is 41.1. The van der Waals surface area contributed by atoms with Gasteiger partial charge in [-0.05, 0) is 24.3 Å². The molecule has 0 saturated carbocycles. The van der Waals surface area contributed by atoms with E-state index in [-0.39, 0.29) is 5.82 Å². The van der Waals surface area contributed by atoms with Gasteiger partial charge in [0.2, 0.25) is 5.82 Å². The second-order valence-corrected chi connectivity index (χ2v) is 3.75. The Bertz CT molecular complexity index is 550. The van der Waals surface area contributed by atoms with Crippen LogP contribution in [0.5, 0.6) is 0 Å². The third-order valence-corrected chi connectivity index (χ3v) is 2.52. The van der Waals surface area contributed by atoms with Crippen LogP contribution in [0.3, 0.4) is 0 Å². The number of nitrogens with zero attached hydrogens (tertiary/aromatic N) is 3. The maximum atomic E-state index is 12.3. The van der Waals surface area contributed by atoms with Crippen molar-refractivity contribution in [3.05, 3.63) is 30.2 Å². The number of alkyl halides is 3. The van der Waals surface area contributed by atoms with Gasteiger partial charge in [0.15, 0.2) is 0 Å². The Balaban J connectivity index is 2.25. The molecule has 0 aliphatic heterocycles. The highest BCUT2D eigenvalue weighted by atomic mass is 19.4. The fourth-order valence-electron chi connectivity index (χ4n) is 1.42. The minimum atomic E-state index is -4.63. The van der Waals surface area contributed by atoms with E-state index in [9.17, 15) is 13.2 Å². The van der Waals surface area contributed by atoms with Gasteiger partial charge in [-0.3, -0.25) is 0 Å². The van der Waals surface area contributed by atoms with Gasteiger partial charge in [-0.1, -0.05) is 5.16 Å². The van der Waals surface area contributed by atoms with Crippen LogP contribution in [0.15, 0.2) is 28.8 Å². The second kappa shape index (κ2) is 4.88. The first kappa shape index (κ1) is 13.3. The Kier molecular flexibility index (Phi) is 3.43. The van der Waals surface area contributed by atoms with E-state index in [2.05, 4.69) is 20.1 Å². The van der Waals surface area contributed by atoms with E-state index in [4.69, 9.17) is 0 Å². The van der Waals surface area contributed by atoms with Gasteiger partial charge in [0, 0.05) is 19.7 Å². The second-order valence-electron chi connectivity index (χ2n) is 3.75. The number of halogens is 3. The molecule has 2 aromatic rings. The zero-order valence-electron chi connectivity index (χ0n) is 10.2. The van der Waals surface area contributed by atoms with Crippen molar-refractivity contribution in [3.8, 4) is 11.4 Å². The molecule has 0 aliphatic carbocycles. The highest BCUT2D eigenvalue weighted by Gasteiger charge is 2.38. The average molecular weight is 272 g/mol. The Morgan fingerprint density at radius 1 is 1.21 bits per heavy atom. The Morgan fingerprint density at radius 2 is 1.84 bits per heavy atom. The van der Waals surface area contributed by atoms with Gasteiger partial charge in [-0.2, -0.15) is 18.2 Å². The highest BCUT2D eigenvalue weighted by Crippen LogP contribution is 2.29. The summed E-state index contributed by atoms with van der Waals surface area (Å²) >= 11 is 0. The molecule has 0 bridgehead atoms. The molecule has 0 spiro atoms. The lowest BCUT2D eigenvalue weighted by molar-refractivity contribution is -0.159. The first-order valence-corrected chi connectivity index (χ1v) is 5.34. The molecule has 1 aromatic heterocycles. The van der Waals surface area contributed by atoms with E-state index in [1.165, 1.54) is 0 Å². The molecule has 0 unspecified atom stereocenters. The quantitative estimate of drug-likeness (QED) is 0.869. The zero-order chi connectivity index (χ0) is 14.0. The van der Waals surface area contributed by atoms with Crippen molar-refractivity contribution in [2.75, 3.05) is 19.1 Å². The van der Waals surface area contributed by atoms with Gasteiger partial charge >= 0.3 is 12.1 Å². The maximum absolute atomic E-state index is 12.3. The lowest BCUT2D eigenvalue weighted by atomic mass is 10.2. The van der Waals surface area contributed by atoms with Gasteiger partial charge in [-0.25, -0.2) is 5.43 Å². The number of hydrogen-bond acceptors (Lipinski definition) is 5. The van der Waals surface area contributed by atoms with Crippen molar-refractivity contribution < 1.29 is 17.7 Å². The molecule has 2 rings (SSSR count). The van der Waals surface area contributed by atoms with Crippen molar-refractivity contribution in [2.24, 2.45) is 0 Å². The fraction of sp³-hybridized carbons (Fsp3) is 0.273. The van der Waals surface area contributed by atoms with Gasteiger partial charge in [0.1, 0.15) is 0 Å². The molecular formula is C11H11F3N4O. The standard InChI is InChI=1S/C11H11F3N4O/c1-15-18(2)8-5-3-7(4-6-8)9-16-10(19-17-9)11(12,13)14/h3-6,15H,1-2H3. The Hall–Kier alpha value is -2.09. The normalized spacial score (nSPS) is 11.6. The molecule has 0 radical (unpaired) electrons. The average Bonchev–Trinajstić information content (AvgIpc) is 2.87. The summed E-state index contributed by atoms with van der Waals surface area (Å²) in [6.07, 6.45) is -4.63. The van der Waals surface area contributed by atoms with Crippen LogP contribution in [-0.2, 0) is 6.18 Å². The van der Waals surface area contributed by atoms with Gasteiger partial charge in [-0.15, -0.1) is 0 Å². The smallest absolute Gasteiger partial charge is 0.329 e. The summed E-state index contributed by atoms with van der Waals surface area (Å²) in [5, 5.41) is 5.06. The van der Waals surface area contributed by atoms with Crippen molar-refractivity contribution in [3.63, 3.8) is 0 Å². The molecule has 1 aromatic carbocycles. The first-order chi connectivity index (χ1) is 8.91. The van der Waals surface area contributed by atoms with Crippen LogP contribution in [0.2, 0.25) is 0 Å². The molecule has 8 heteroatoms. The van der Waals surface area contributed by atoms with Gasteiger partial charge in [0.05, 0.1) is 5.69 Å². The zero-order valence-corrected chi connectivity index (χ0v) is 10.2. The molecule has 19 heavy (non-hydrogen) atoms. The highest BCUT2D eigenvalue weighted by molar-refractivity contribution is 5.59. The van der Waals surface area contributed by atoms with Crippen molar-refractivity contribution in [1.82, 2.24) is 15.6 Å². The summed E-state index contributed by atoms with van der Waals surface area (Å²) in [5.41, 5.74) is 4.20. The van der Waals surface area contributed by atoms with Crippen molar-refractivity contribution in [1.29, 1.82) is 0 Å². The van der Waals surface area contributed by atoms with Crippen LogP contribution in [0.4, 0.5) is 18.9 Å². The SMILES string of the molecule is CNN(C)c1ccc(-c2noc(C(F)(F)F)n2)cc1. The topological polar surface area (TPSA) is 54.2 Å². The molecule has 1 heterocycles. The number of aromatic nitrogens is 2. The number of anilines is 1. The number of hydrogen-bond donors (Lipinski definition) is 1. The molecule has 0 saturated heterocycles. The summed E-state index contributed by atoms with van der Waals surface area (Å²) in [5.74, 6) is -1.44. The van der Waals surface area contributed by atoms with Crippen molar-refractivity contribution >= 4 is 5.69 Å². The van der Waals surface area contributed by atoms with Crippen LogP contribution in [0, 0.1) is 0 Å². The van der Waals surface area contributed by atoms with Crippen molar-refractivity contribution in [2.45, 2.75) is 6.18 Å². The predicted molar refractivity (Wildman–Crippen MR) is 62.2 cm³/mol. The third-order valence-electron chi connectivity index (χ3n) is 2.52. The number of benzene rings is 1. The molecule has 1 N–H and O–H groups in total. The van der Waals surface area contributed by atoms with E-state index in [0.717, 1.165) is 5.69 Å². The maximum Gasteiger partial charge on any atom is 0.471 e. The van der Waals surface area contributed by atoms with Crippen LogP contribution < -0.4 is 10.4 Å². The molecule has 102 valence electrons. The van der Waals surface area contributed by atoms with Gasteiger partial charge in [0.25, 0.3) is 0 Å². The minimum Gasteiger partial charge on any atom is -0.329 e.